The van der Waals surface area contributed by atoms with Gasteiger partial charge in [-0.25, -0.2) is 0 Å². The Bertz CT molecular complexity index is 128. The van der Waals surface area contributed by atoms with Crippen LogP contribution in [-0.4, -0.2) is 13.6 Å². The zero-order valence-corrected chi connectivity index (χ0v) is 8.04. The van der Waals surface area contributed by atoms with Crippen molar-refractivity contribution in [1.29, 1.82) is 0 Å². The van der Waals surface area contributed by atoms with Crippen molar-refractivity contribution in [3.05, 3.63) is 0 Å². The molecule has 0 aliphatic heterocycles. The van der Waals surface area contributed by atoms with E-state index in [0.29, 0.717) is 0 Å². The van der Waals surface area contributed by atoms with Gasteiger partial charge in [0.2, 0.25) is 0 Å². The molecular formula is C9H18ClN. The topological polar surface area (TPSA) is 12.0 Å². The van der Waals surface area contributed by atoms with Crippen molar-refractivity contribution in [1.82, 2.24) is 5.32 Å². The van der Waals surface area contributed by atoms with Gasteiger partial charge in [-0.2, -0.15) is 0 Å². The fourth-order valence-electron chi connectivity index (χ4n) is 2.93. The molecule has 0 aromatic rings. The maximum Gasteiger partial charge on any atom is 0.000491 e. The molecule has 0 spiro atoms. The highest BCUT2D eigenvalue weighted by Crippen LogP contribution is 2.53. The van der Waals surface area contributed by atoms with Crippen LogP contribution in [-0.2, 0) is 0 Å². The molecule has 0 aromatic carbocycles. The summed E-state index contributed by atoms with van der Waals surface area (Å²) >= 11 is 0. The molecule has 0 heterocycles. The molecule has 2 aliphatic carbocycles. The van der Waals surface area contributed by atoms with E-state index in [-0.39, 0.29) is 12.4 Å². The van der Waals surface area contributed by atoms with Crippen LogP contribution in [0.1, 0.15) is 32.1 Å². The van der Waals surface area contributed by atoms with E-state index in [0.717, 1.165) is 11.3 Å². The Morgan fingerprint density at radius 3 is 2.36 bits per heavy atom. The Kier molecular flexibility index (Phi) is 2.82. The van der Waals surface area contributed by atoms with E-state index < -0.39 is 0 Å². The third-order valence-electron chi connectivity index (χ3n) is 3.44. The van der Waals surface area contributed by atoms with Gasteiger partial charge in [0.05, 0.1) is 0 Å². The van der Waals surface area contributed by atoms with Crippen molar-refractivity contribution in [2.45, 2.75) is 32.1 Å². The van der Waals surface area contributed by atoms with Crippen LogP contribution in [0.25, 0.3) is 0 Å². The molecular weight excluding hydrogens is 158 g/mol. The summed E-state index contributed by atoms with van der Waals surface area (Å²) in [5, 5.41) is 3.33. The van der Waals surface area contributed by atoms with Crippen LogP contribution in [0.3, 0.4) is 0 Å². The molecule has 2 rings (SSSR count). The molecule has 0 atom stereocenters. The fraction of sp³-hybridized carbons (Fsp3) is 1.00. The standard InChI is InChI=1S/C9H17N.ClH/c1-10-7-9-4-2-8(6-9)3-5-9;/h8,10H,2-7H2,1H3;1H. The van der Waals surface area contributed by atoms with Gasteiger partial charge in [-0.05, 0) is 50.5 Å². The van der Waals surface area contributed by atoms with Crippen molar-refractivity contribution < 1.29 is 0 Å². The van der Waals surface area contributed by atoms with E-state index in [1.54, 1.807) is 0 Å². The number of hydrogen-bond donors (Lipinski definition) is 1. The Labute approximate surface area is 75.4 Å². The van der Waals surface area contributed by atoms with Crippen LogP contribution < -0.4 is 5.32 Å². The Morgan fingerprint density at radius 1 is 1.36 bits per heavy atom. The van der Waals surface area contributed by atoms with Crippen LogP contribution in [0, 0.1) is 11.3 Å². The van der Waals surface area contributed by atoms with Gasteiger partial charge in [0.15, 0.2) is 0 Å². The Balaban J connectivity index is 0.000000605. The minimum absolute atomic E-state index is 0. The lowest BCUT2D eigenvalue weighted by Gasteiger charge is -2.25. The summed E-state index contributed by atoms with van der Waals surface area (Å²) in [6, 6.07) is 0. The van der Waals surface area contributed by atoms with Crippen LogP contribution >= 0.6 is 12.4 Å². The molecule has 11 heavy (non-hydrogen) atoms. The van der Waals surface area contributed by atoms with Gasteiger partial charge in [0, 0.05) is 6.54 Å². The molecule has 0 aromatic heterocycles. The normalized spacial score (nSPS) is 40.6. The highest BCUT2D eigenvalue weighted by Gasteiger charge is 2.43. The Morgan fingerprint density at radius 2 is 2.00 bits per heavy atom. The van der Waals surface area contributed by atoms with Gasteiger partial charge in [0.1, 0.15) is 0 Å². The lowest BCUT2D eigenvalue weighted by Crippen LogP contribution is -2.28. The first-order valence-electron chi connectivity index (χ1n) is 4.49. The summed E-state index contributed by atoms with van der Waals surface area (Å²) in [7, 11) is 2.08. The summed E-state index contributed by atoms with van der Waals surface area (Å²) in [5.41, 5.74) is 0.749. The van der Waals surface area contributed by atoms with Gasteiger partial charge in [0.25, 0.3) is 0 Å². The summed E-state index contributed by atoms with van der Waals surface area (Å²) in [5.74, 6) is 1.10. The maximum atomic E-state index is 3.33. The highest BCUT2D eigenvalue weighted by molar-refractivity contribution is 5.85. The zero-order valence-electron chi connectivity index (χ0n) is 7.23. The van der Waals surface area contributed by atoms with Gasteiger partial charge >= 0.3 is 0 Å². The first-order valence-corrected chi connectivity index (χ1v) is 4.49. The molecule has 2 heteroatoms. The molecule has 66 valence electrons. The van der Waals surface area contributed by atoms with E-state index in [4.69, 9.17) is 0 Å². The SMILES string of the molecule is CNCC12CCC(CC1)C2.Cl. The molecule has 0 amide bonds. The molecule has 2 bridgehead atoms. The number of fused-ring (bicyclic) bond motifs is 2. The predicted molar refractivity (Wildman–Crippen MR) is 50.2 cm³/mol. The van der Waals surface area contributed by atoms with E-state index in [1.165, 1.54) is 38.6 Å². The quantitative estimate of drug-likeness (QED) is 0.679. The lowest BCUT2D eigenvalue weighted by molar-refractivity contribution is 0.287. The molecule has 1 N–H and O–H groups in total. The lowest BCUT2D eigenvalue weighted by atomic mass is 9.84. The van der Waals surface area contributed by atoms with Gasteiger partial charge < -0.3 is 5.32 Å². The van der Waals surface area contributed by atoms with Crippen LogP contribution in [0.5, 0.6) is 0 Å². The highest BCUT2D eigenvalue weighted by atomic mass is 35.5. The third-order valence-corrected chi connectivity index (χ3v) is 3.44. The Hall–Kier alpha value is 0.250. The average Bonchev–Trinajstić information content (AvgIpc) is 2.46. The van der Waals surface area contributed by atoms with Gasteiger partial charge in [-0.3, -0.25) is 0 Å². The average molecular weight is 176 g/mol. The molecule has 0 unspecified atom stereocenters. The maximum absolute atomic E-state index is 3.33. The fourth-order valence-corrected chi connectivity index (χ4v) is 2.93. The van der Waals surface area contributed by atoms with Crippen LogP contribution in [0.4, 0.5) is 0 Å². The smallest absolute Gasteiger partial charge is 0.000491 e. The van der Waals surface area contributed by atoms with E-state index >= 15 is 0 Å². The van der Waals surface area contributed by atoms with Crippen molar-refractivity contribution in [2.24, 2.45) is 11.3 Å². The summed E-state index contributed by atoms with van der Waals surface area (Å²) in [4.78, 5) is 0. The second-order valence-corrected chi connectivity index (χ2v) is 4.18. The van der Waals surface area contributed by atoms with Crippen LogP contribution in [0.15, 0.2) is 0 Å². The van der Waals surface area contributed by atoms with Crippen molar-refractivity contribution >= 4 is 12.4 Å². The van der Waals surface area contributed by atoms with Crippen LogP contribution in [0.2, 0.25) is 0 Å². The van der Waals surface area contributed by atoms with Gasteiger partial charge in [-0.1, -0.05) is 0 Å². The summed E-state index contributed by atoms with van der Waals surface area (Å²) < 4.78 is 0. The van der Waals surface area contributed by atoms with E-state index in [9.17, 15) is 0 Å². The van der Waals surface area contributed by atoms with E-state index in [2.05, 4.69) is 12.4 Å². The van der Waals surface area contributed by atoms with Crippen molar-refractivity contribution in [3.63, 3.8) is 0 Å². The monoisotopic (exact) mass is 175 g/mol. The number of nitrogens with one attached hydrogen (secondary N) is 1. The number of rotatable bonds is 2. The van der Waals surface area contributed by atoms with E-state index in [1.807, 2.05) is 0 Å². The van der Waals surface area contributed by atoms with Crippen molar-refractivity contribution in [2.75, 3.05) is 13.6 Å². The molecule has 0 saturated heterocycles. The van der Waals surface area contributed by atoms with Gasteiger partial charge in [-0.15, -0.1) is 12.4 Å². The number of halogens is 1. The number of hydrogen-bond acceptors (Lipinski definition) is 1. The molecule has 2 saturated carbocycles. The minimum atomic E-state index is 0. The molecule has 1 nitrogen and oxygen atoms in total. The molecule has 0 radical (unpaired) electrons. The van der Waals surface area contributed by atoms with Crippen molar-refractivity contribution in [3.8, 4) is 0 Å². The largest absolute Gasteiger partial charge is 0.319 e. The molecule has 2 fully saturated rings. The minimum Gasteiger partial charge on any atom is -0.319 e. The summed E-state index contributed by atoms with van der Waals surface area (Å²) in [6.45, 7) is 1.27. The second-order valence-electron chi connectivity index (χ2n) is 4.18. The zero-order chi connectivity index (χ0) is 7.03. The predicted octanol–water partition coefficient (Wildman–Crippen LogP) is 2.21. The summed E-state index contributed by atoms with van der Waals surface area (Å²) in [6.07, 6.45) is 7.55. The first kappa shape index (κ1) is 9.34. The first-order chi connectivity index (χ1) is 4.85. The second kappa shape index (κ2) is 3.32. The third kappa shape index (κ3) is 1.54. The molecule has 2 aliphatic rings.